The molecule has 3 saturated heterocycles. The first-order chi connectivity index (χ1) is 16.3. The fraction of sp³-hybridized carbons (Fsp3) is 0.560. The number of nitrogens with zero attached hydrogens (tertiary/aromatic N) is 2. The SMILES string of the molecule is C=CCN(C(=O)C1N(CCO)C(=O)[C@@H]2[C@@H](C(=O)OCC)[C@@]3(C)CCC12O3)c1ccc(OC)cc1. The average Bonchev–Trinajstić information content (AvgIpc) is 3.39. The lowest BCUT2D eigenvalue weighted by atomic mass is 9.66. The van der Waals surface area contributed by atoms with Crippen LogP contribution in [0.5, 0.6) is 5.75 Å². The number of aliphatic hydroxyl groups is 1. The van der Waals surface area contributed by atoms with Gasteiger partial charge in [-0.15, -0.1) is 6.58 Å². The van der Waals surface area contributed by atoms with Crippen molar-refractivity contribution in [3.8, 4) is 5.75 Å². The van der Waals surface area contributed by atoms with Crippen molar-refractivity contribution in [2.75, 3.05) is 38.3 Å². The number of benzene rings is 1. The Balaban J connectivity index is 1.77. The molecular weight excluding hydrogens is 440 g/mol. The fourth-order valence-electron chi connectivity index (χ4n) is 6.00. The highest BCUT2D eigenvalue weighted by Crippen LogP contribution is 2.63. The number of aliphatic hydroxyl groups excluding tert-OH is 1. The largest absolute Gasteiger partial charge is 0.497 e. The second-order valence-corrected chi connectivity index (χ2v) is 9.17. The topological polar surface area (TPSA) is 106 Å². The molecule has 0 radical (unpaired) electrons. The molecule has 4 rings (SSSR count). The minimum Gasteiger partial charge on any atom is -0.497 e. The highest BCUT2D eigenvalue weighted by molar-refractivity contribution is 6.04. The minimum absolute atomic E-state index is 0.0341. The van der Waals surface area contributed by atoms with Gasteiger partial charge in [-0.3, -0.25) is 14.4 Å². The molecule has 2 amide bonds. The third-order valence-corrected chi connectivity index (χ3v) is 7.35. The van der Waals surface area contributed by atoms with E-state index in [-0.39, 0.29) is 38.1 Å². The van der Waals surface area contributed by atoms with Gasteiger partial charge in [0.25, 0.3) is 5.91 Å². The van der Waals surface area contributed by atoms with Gasteiger partial charge in [-0.25, -0.2) is 0 Å². The molecule has 2 unspecified atom stereocenters. The Kier molecular flexibility index (Phi) is 6.44. The lowest BCUT2D eigenvalue weighted by Gasteiger charge is -2.36. The number of hydrogen-bond donors (Lipinski definition) is 1. The van der Waals surface area contributed by atoms with Gasteiger partial charge in [0.15, 0.2) is 0 Å². The van der Waals surface area contributed by atoms with Crippen molar-refractivity contribution in [2.45, 2.75) is 43.9 Å². The molecule has 2 bridgehead atoms. The predicted molar refractivity (Wildman–Crippen MR) is 123 cm³/mol. The lowest BCUT2D eigenvalue weighted by Crippen LogP contribution is -2.56. The average molecular weight is 473 g/mol. The number of carbonyl (C=O) groups excluding carboxylic acids is 3. The second-order valence-electron chi connectivity index (χ2n) is 9.17. The van der Waals surface area contributed by atoms with Crippen molar-refractivity contribution in [1.29, 1.82) is 0 Å². The third kappa shape index (κ3) is 3.49. The molecule has 3 fully saturated rings. The van der Waals surface area contributed by atoms with Crippen molar-refractivity contribution in [3.63, 3.8) is 0 Å². The van der Waals surface area contributed by atoms with Gasteiger partial charge in [-0.2, -0.15) is 0 Å². The zero-order chi connectivity index (χ0) is 24.7. The van der Waals surface area contributed by atoms with E-state index in [0.717, 1.165) is 0 Å². The van der Waals surface area contributed by atoms with Gasteiger partial charge >= 0.3 is 5.97 Å². The number of amides is 2. The quantitative estimate of drug-likeness (QED) is 0.429. The Labute approximate surface area is 199 Å². The van der Waals surface area contributed by atoms with Crippen LogP contribution in [0.25, 0.3) is 0 Å². The molecule has 3 aliphatic rings. The summed E-state index contributed by atoms with van der Waals surface area (Å²) in [6, 6.07) is 6.04. The number of esters is 1. The highest BCUT2D eigenvalue weighted by atomic mass is 16.6. The number of β-amino-alcohol motifs (C(OH)–C–C–N with tert-alkyl or cyclic N) is 1. The zero-order valence-corrected chi connectivity index (χ0v) is 19.9. The van der Waals surface area contributed by atoms with Crippen molar-refractivity contribution in [1.82, 2.24) is 4.90 Å². The van der Waals surface area contributed by atoms with Crippen LogP contribution in [0.15, 0.2) is 36.9 Å². The normalized spacial score (nSPS) is 31.4. The van der Waals surface area contributed by atoms with E-state index in [2.05, 4.69) is 6.58 Å². The van der Waals surface area contributed by atoms with Crippen LogP contribution in [0.2, 0.25) is 0 Å². The van der Waals surface area contributed by atoms with Crippen molar-refractivity contribution < 1.29 is 33.7 Å². The first-order valence-corrected chi connectivity index (χ1v) is 11.6. The first kappa shape index (κ1) is 24.2. The monoisotopic (exact) mass is 472 g/mol. The third-order valence-electron chi connectivity index (χ3n) is 7.35. The first-order valence-electron chi connectivity index (χ1n) is 11.6. The predicted octanol–water partition coefficient (Wildman–Crippen LogP) is 1.53. The molecule has 3 heterocycles. The summed E-state index contributed by atoms with van der Waals surface area (Å²) in [6.45, 7) is 7.37. The second kappa shape index (κ2) is 9.03. The van der Waals surface area contributed by atoms with E-state index in [1.165, 1.54) is 4.90 Å². The summed E-state index contributed by atoms with van der Waals surface area (Å²) in [6.07, 6.45) is 2.60. The van der Waals surface area contributed by atoms with Gasteiger partial charge in [-0.05, 0) is 51.0 Å². The van der Waals surface area contributed by atoms with Crippen LogP contribution in [-0.2, 0) is 23.9 Å². The zero-order valence-electron chi connectivity index (χ0n) is 19.9. The Morgan fingerprint density at radius 3 is 2.62 bits per heavy atom. The molecule has 1 aromatic rings. The Morgan fingerprint density at radius 1 is 1.32 bits per heavy atom. The number of likely N-dealkylation sites (tertiary alicyclic amines) is 1. The maximum Gasteiger partial charge on any atom is 0.312 e. The van der Waals surface area contributed by atoms with Gasteiger partial charge in [-0.1, -0.05) is 6.08 Å². The molecular formula is C25H32N2O7. The van der Waals surface area contributed by atoms with Crippen LogP contribution in [-0.4, -0.2) is 78.4 Å². The molecule has 184 valence electrons. The summed E-state index contributed by atoms with van der Waals surface area (Å²) in [5.74, 6) is -2.19. The molecule has 0 aromatic heterocycles. The smallest absolute Gasteiger partial charge is 0.312 e. The van der Waals surface area contributed by atoms with Crippen LogP contribution in [0.4, 0.5) is 5.69 Å². The number of ether oxygens (including phenoxy) is 3. The number of anilines is 1. The Bertz CT molecular complexity index is 980. The Hall–Kier alpha value is -2.91. The van der Waals surface area contributed by atoms with Gasteiger partial charge in [0.2, 0.25) is 5.91 Å². The lowest BCUT2D eigenvalue weighted by molar-refractivity contribution is -0.159. The maximum absolute atomic E-state index is 14.1. The number of rotatable bonds is 9. The van der Waals surface area contributed by atoms with E-state index < -0.39 is 35.0 Å². The Morgan fingerprint density at radius 2 is 2.03 bits per heavy atom. The van der Waals surface area contributed by atoms with E-state index in [4.69, 9.17) is 14.2 Å². The van der Waals surface area contributed by atoms with Crippen molar-refractivity contribution >= 4 is 23.5 Å². The summed E-state index contributed by atoms with van der Waals surface area (Å²) in [4.78, 5) is 43.7. The maximum atomic E-state index is 14.1. The molecule has 1 N–H and O–H groups in total. The van der Waals surface area contributed by atoms with Crippen molar-refractivity contribution in [2.24, 2.45) is 11.8 Å². The minimum atomic E-state index is -1.17. The van der Waals surface area contributed by atoms with E-state index in [1.807, 2.05) is 6.92 Å². The van der Waals surface area contributed by atoms with Gasteiger partial charge in [0, 0.05) is 18.8 Å². The van der Waals surface area contributed by atoms with E-state index in [0.29, 0.717) is 24.3 Å². The number of hydrogen-bond acceptors (Lipinski definition) is 7. The summed E-state index contributed by atoms with van der Waals surface area (Å²) in [5.41, 5.74) is -1.44. The van der Waals surface area contributed by atoms with Crippen LogP contribution in [0.1, 0.15) is 26.7 Å². The van der Waals surface area contributed by atoms with Gasteiger partial charge in [0.1, 0.15) is 23.3 Å². The molecule has 1 spiro atoms. The standard InChI is InChI=1S/C25H32N2O7/c1-5-13-26(16-7-9-17(32-4)10-8-16)22(30)20-25-12-11-24(3,34-25)19(23(31)33-6-2)18(25)21(29)27(20)14-15-28/h5,7-10,18-20,28H,1,6,11-15H2,2-4H3/t18-,19-,20?,24+,25?/m0/s1. The van der Waals surface area contributed by atoms with E-state index >= 15 is 0 Å². The highest BCUT2D eigenvalue weighted by Gasteiger charge is 2.78. The molecule has 1 aromatic carbocycles. The van der Waals surface area contributed by atoms with Crippen LogP contribution < -0.4 is 9.64 Å². The van der Waals surface area contributed by atoms with Gasteiger partial charge < -0.3 is 29.1 Å². The number of methoxy groups -OCH3 is 1. The van der Waals surface area contributed by atoms with Crippen LogP contribution in [0, 0.1) is 11.8 Å². The fourth-order valence-corrected chi connectivity index (χ4v) is 6.00. The van der Waals surface area contributed by atoms with E-state index in [1.54, 1.807) is 49.3 Å². The molecule has 34 heavy (non-hydrogen) atoms. The molecule has 5 atom stereocenters. The van der Waals surface area contributed by atoms with Crippen LogP contribution >= 0.6 is 0 Å². The number of carbonyl (C=O) groups is 3. The van der Waals surface area contributed by atoms with Crippen LogP contribution in [0.3, 0.4) is 0 Å². The summed E-state index contributed by atoms with van der Waals surface area (Å²) >= 11 is 0. The summed E-state index contributed by atoms with van der Waals surface area (Å²) in [5, 5.41) is 9.72. The summed E-state index contributed by atoms with van der Waals surface area (Å²) in [7, 11) is 1.56. The van der Waals surface area contributed by atoms with Crippen molar-refractivity contribution in [3.05, 3.63) is 36.9 Å². The molecule has 3 aliphatic heterocycles. The molecule has 9 nitrogen and oxygen atoms in total. The van der Waals surface area contributed by atoms with Gasteiger partial charge in [0.05, 0.1) is 31.8 Å². The molecule has 9 heteroatoms. The molecule has 0 saturated carbocycles. The number of fused-ring (bicyclic) bond motifs is 1. The molecule has 0 aliphatic carbocycles. The van der Waals surface area contributed by atoms with E-state index in [9.17, 15) is 19.5 Å². The summed E-state index contributed by atoms with van der Waals surface area (Å²) < 4.78 is 17.0.